The van der Waals surface area contributed by atoms with E-state index in [4.69, 9.17) is 11.0 Å². The Morgan fingerprint density at radius 2 is 1.86 bits per heavy atom. The van der Waals surface area contributed by atoms with Crippen LogP contribution in [0.25, 0.3) is 0 Å². The van der Waals surface area contributed by atoms with Crippen molar-refractivity contribution in [2.24, 2.45) is 0 Å². The number of halogens is 1. The quantitative estimate of drug-likeness (QED) is 0.817. The molecule has 5 nitrogen and oxygen atoms in total. The van der Waals surface area contributed by atoms with Gasteiger partial charge in [0.25, 0.3) is 10.0 Å². The first-order chi connectivity index (χ1) is 9.83. The van der Waals surface area contributed by atoms with Crippen LogP contribution in [0.4, 0.5) is 11.4 Å². The van der Waals surface area contributed by atoms with Crippen LogP contribution in [0.1, 0.15) is 11.1 Å². The van der Waals surface area contributed by atoms with E-state index in [9.17, 15) is 8.42 Å². The van der Waals surface area contributed by atoms with E-state index in [1.165, 1.54) is 24.3 Å². The Morgan fingerprint density at radius 1 is 1.24 bits per heavy atom. The van der Waals surface area contributed by atoms with Gasteiger partial charge in [0, 0.05) is 4.47 Å². The maximum atomic E-state index is 12.3. The Hall–Kier alpha value is -2.04. The highest BCUT2D eigenvalue weighted by Gasteiger charge is 2.17. The first-order valence-corrected chi connectivity index (χ1v) is 8.20. The molecule has 2 aromatic carbocycles. The third-order valence-electron chi connectivity index (χ3n) is 2.80. The van der Waals surface area contributed by atoms with Crippen LogP contribution in [0, 0.1) is 18.3 Å². The summed E-state index contributed by atoms with van der Waals surface area (Å²) in [7, 11) is -3.77. The lowest BCUT2D eigenvalue weighted by Crippen LogP contribution is -2.14. The lowest BCUT2D eigenvalue weighted by atomic mass is 10.2. The smallest absolute Gasteiger partial charge is 0.261 e. The second kappa shape index (κ2) is 5.76. The number of nitrogens with two attached hydrogens (primary N) is 1. The molecule has 0 spiro atoms. The molecular weight excluding hydrogens is 354 g/mol. The van der Waals surface area contributed by atoms with Gasteiger partial charge in [-0.25, -0.2) is 8.42 Å². The highest BCUT2D eigenvalue weighted by molar-refractivity contribution is 9.10. The van der Waals surface area contributed by atoms with Crippen molar-refractivity contribution in [1.29, 1.82) is 5.26 Å². The van der Waals surface area contributed by atoms with Gasteiger partial charge in [0.05, 0.1) is 27.9 Å². The van der Waals surface area contributed by atoms with Gasteiger partial charge in [0.1, 0.15) is 0 Å². The SMILES string of the molecule is Cc1cc(N)c(NS(=O)(=O)c2ccc(C#N)cc2)c(Br)c1. The Kier molecular flexibility index (Phi) is 4.21. The zero-order valence-electron chi connectivity index (χ0n) is 11.1. The van der Waals surface area contributed by atoms with Crippen molar-refractivity contribution < 1.29 is 8.42 Å². The Morgan fingerprint density at radius 3 is 2.38 bits per heavy atom. The van der Waals surface area contributed by atoms with Crippen LogP contribution >= 0.6 is 15.9 Å². The van der Waals surface area contributed by atoms with Crippen molar-refractivity contribution in [2.45, 2.75) is 11.8 Å². The summed E-state index contributed by atoms with van der Waals surface area (Å²) in [6, 6.07) is 11.0. The highest BCUT2D eigenvalue weighted by Crippen LogP contribution is 2.32. The number of hydrogen-bond donors (Lipinski definition) is 2. The van der Waals surface area contributed by atoms with Crippen LogP contribution in [0.2, 0.25) is 0 Å². The summed E-state index contributed by atoms with van der Waals surface area (Å²) in [4.78, 5) is 0.0633. The number of nitriles is 1. The van der Waals surface area contributed by atoms with E-state index in [1.807, 2.05) is 13.0 Å². The lowest BCUT2D eigenvalue weighted by molar-refractivity contribution is 0.601. The minimum atomic E-state index is -3.77. The molecule has 3 N–H and O–H groups in total. The summed E-state index contributed by atoms with van der Waals surface area (Å²) in [6.45, 7) is 1.86. The molecule has 0 unspecified atom stereocenters. The predicted octanol–water partition coefficient (Wildman–Crippen LogP) is 3.01. The third-order valence-corrected chi connectivity index (χ3v) is 4.79. The molecule has 21 heavy (non-hydrogen) atoms. The second-order valence-corrected chi connectivity index (χ2v) is 6.99. The number of anilines is 2. The van der Waals surface area contributed by atoms with Crippen LogP contribution in [-0.4, -0.2) is 8.42 Å². The van der Waals surface area contributed by atoms with Crippen LogP contribution in [-0.2, 0) is 10.0 Å². The summed E-state index contributed by atoms with van der Waals surface area (Å²) in [5.41, 5.74) is 7.79. The minimum Gasteiger partial charge on any atom is -0.397 e. The molecule has 0 fully saturated rings. The molecule has 0 aliphatic heterocycles. The number of hydrogen-bond acceptors (Lipinski definition) is 4. The first kappa shape index (κ1) is 15.4. The van der Waals surface area contributed by atoms with Gasteiger partial charge in [0.2, 0.25) is 0 Å². The summed E-state index contributed by atoms with van der Waals surface area (Å²) < 4.78 is 27.7. The zero-order chi connectivity index (χ0) is 15.6. The maximum Gasteiger partial charge on any atom is 0.261 e. The monoisotopic (exact) mass is 365 g/mol. The van der Waals surface area contributed by atoms with Crippen molar-refractivity contribution >= 4 is 37.3 Å². The van der Waals surface area contributed by atoms with E-state index in [0.29, 0.717) is 21.4 Å². The van der Waals surface area contributed by atoms with Gasteiger partial charge >= 0.3 is 0 Å². The van der Waals surface area contributed by atoms with Gasteiger partial charge in [-0.15, -0.1) is 0 Å². The predicted molar refractivity (Wildman–Crippen MR) is 85.3 cm³/mol. The van der Waals surface area contributed by atoms with Crippen LogP contribution in [0.5, 0.6) is 0 Å². The molecule has 108 valence electrons. The molecule has 0 heterocycles. The van der Waals surface area contributed by atoms with E-state index >= 15 is 0 Å². The molecule has 2 rings (SSSR count). The molecular formula is C14H12BrN3O2S. The Labute approximate surface area is 131 Å². The number of aryl methyl sites for hydroxylation is 1. The van der Waals surface area contributed by atoms with Gasteiger partial charge in [-0.05, 0) is 64.8 Å². The molecule has 0 radical (unpaired) electrons. The van der Waals surface area contributed by atoms with Crippen molar-refractivity contribution in [3.05, 3.63) is 52.0 Å². The zero-order valence-corrected chi connectivity index (χ0v) is 13.5. The summed E-state index contributed by atoms with van der Waals surface area (Å²) >= 11 is 3.30. The fraction of sp³-hybridized carbons (Fsp3) is 0.0714. The summed E-state index contributed by atoms with van der Waals surface area (Å²) in [5, 5.41) is 8.73. The number of rotatable bonds is 3. The number of nitrogens with zero attached hydrogens (tertiary/aromatic N) is 1. The maximum absolute atomic E-state index is 12.3. The van der Waals surface area contributed by atoms with Gasteiger partial charge in [-0.2, -0.15) is 5.26 Å². The fourth-order valence-electron chi connectivity index (χ4n) is 1.78. The molecule has 7 heteroatoms. The van der Waals surface area contributed by atoms with Crippen molar-refractivity contribution in [1.82, 2.24) is 0 Å². The molecule has 0 bridgehead atoms. The van der Waals surface area contributed by atoms with Gasteiger partial charge in [-0.1, -0.05) is 0 Å². The van der Waals surface area contributed by atoms with Crippen molar-refractivity contribution in [2.75, 3.05) is 10.5 Å². The average Bonchev–Trinajstić information content (AvgIpc) is 2.43. The van der Waals surface area contributed by atoms with Crippen LogP contribution < -0.4 is 10.5 Å². The number of benzene rings is 2. The Balaban J connectivity index is 2.40. The largest absolute Gasteiger partial charge is 0.397 e. The number of nitrogens with one attached hydrogen (secondary N) is 1. The second-order valence-electron chi connectivity index (χ2n) is 4.45. The third kappa shape index (κ3) is 3.35. The molecule has 0 saturated carbocycles. The molecule has 0 atom stereocenters. The molecule has 0 aliphatic rings. The normalized spacial score (nSPS) is 10.9. The van der Waals surface area contributed by atoms with Crippen molar-refractivity contribution in [3.8, 4) is 6.07 Å². The van der Waals surface area contributed by atoms with E-state index in [2.05, 4.69) is 20.7 Å². The van der Waals surface area contributed by atoms with E-state index in [1.54, 1.807) is 12.1 Å². The fourth-order valence-corrected chi connectivity index (χ4v) is 3.71. The molecule has 0 saturated heterocycles. The minimum absolute atomic E-state index is 0.0633. The van der Waals surface area contributed by atoms with Crippen molar-refractivity contribution in [3.63, 3.8) is 0 Å². The lowest BCUT2D eigenvalue weighted by Gasteiger charge is -2.13. The van der Waals surface area contributed by atoms with Gasteiger partial charge in [-0.3, -0.25) is 4.72 Å². The highest BCUT2D eigenvalue weighted by atomic mass is 79.9. The van der Waals surface area contributed by atoms with Gasteiger partial charge < -0.3 is 5.73 Å². The topological polar surface area (TPSA) is 96.0 Å². The van der Waals surface area contributed by atoms with E-state index in [-0.39, 0.29) is 4.90 Å². The number of nitrogen functional groups attached to an aromatic ring is 1. The molecule has 0 aromatic heterocycles. The molecule has 0 aliphatic carbocycles. The summed E-state index contributed by atoms with van der Waals surface area (Å²) in [5.74, 6) is 0. The Bertz CT molecular complexity index is 801. The molecule has 0 amide bonds. The average molecular weight is 366 g/mol. The van der Waals surface area contributed by atoms with Crippen LogP contribution in [0.15, 0.2) is 45.8 Å². The van der Waals surface area contributed by atoms with Gasteiger partial charge in [0.15, 0.2) is 0 Å². The van der Waals surface area contributed by atoms with E-state index in [0.717, 1.165) is 5.56 Å². The standard InChI is InChI=1S/C14H12BrN3O2S/c1-9-6-12(15)14(13(17)7-9)18-21(19,20)11-4-2-10(8-16)3-5-11/h2-7,18H,17H2,1H3. The van der Waals surface area contributed by atoms with Crippen LogP contribution in [0.3, 0.4) is 0 Å². The summed E-state index contributed by atoms with van der Waals surface area (Å²) in [6.07, 6.45) is 0. The molecule has 2 aromatic rings. The first-order valence-electron chi connectivity index (χ1n) is 5.92. The number of sulfonamides is 1. The van der Waals surface area contributed by atoms with E-state index < -0.39 is 10.0 Å².